The fourth-order valence-electron chi connectivity index (χ4n) is 2.49. The summed E-state index contributed by atoms with van der Waals surface area (Å²) in [7, 11) is 0. The van der Waals surface area contributed by atoms with Gasteiger partial charge in [-0.3, -0.25) is 4.79 Å². The summed E-state index contributed by atoms with van der Waals surface area (Å²) < 4.78 is 37.8. The Morgan fingerprint density at radius 2 is 1.81 bits per heavy atom. The second-order valence-corrected chi connectivity index (χ2v) is 6.41. The molecule has 2 N–H and O–H groups in total. The summed E-state index contributed by atoms with van der Waals surface area (Å²) >= 11 is 0. The van der Waals surface area contributed by atoms with Crippen molar-refractivity contribution in [2.45, 2.75) is 39.3 Å². The summed E-state index contributed by atoms with van der Waals surface area (Å²) in [6.07, 6.45) is 1.78. The van der Waals surface area contributed by atoms with E-state index in [9.17, 15) is 18.0 Å². The standard InChI is InChI=1S/C19H23F3N4O/c1-3-4-5-13(2)12-25-17-16(23-10-11-24-17)18(27)26-15-8-6-14(7-9-15)19(20,21)22/h6-11,13H,3-5,12H2,1-2H3,(H,24,25)(H,26,27). The first-order valence-corrected chi connectivity index (χ1v) is 8.84. The topological polar surface area (TPSA) is 66.9 Å². The highest BCUT2D eigenvalue weighted by atomic mass is 19.4. The highest BCUT2D eigenvalue weighted by molar-refractivity contribution is 6.05. The van der Waals surface area contributed by atoms with E-state index in [1.165, 1.54) is 24.5 Å². The number of aromatic nitrogens is 2. The van der Waals surface area contributed by atoms with E-state index in [0.717, 1.165) is 31.4 Å². The van der Waals surface area contributed by atoms with E-state index >= 15 is 0 Å². The average molecular weight is 380 g/mol. The molecule has 146 valence electrons. The second kappa shape index (κ2) is 9.34. The molecule has 8 heteroatoms. The van der Waals surface area contributed by atoms with Crippen molar-refractivity contribution in [2.24, 2.45) is 5.92 Å². The number of nitrogens with one attached hydrogen (secondary N) is 2. The molecule has 0 saturated heterocycles. The first-order valence-electron chi connectivity index (χ1n) is 8.84. The van der Waals surface area contributed by atoms with E-state index < -0.39 is 17.6 Å². The van der Waals surface area contributed by atoms with Gasteiger partial charge >= 0.3 is 6.18 Å². The van der Waals surface area contributed by atoms with Crippen LogP contribution in [0.3, 0.4) is 0 Å². The van der Waals surface area contributed by atoms with E-state index in [2.05, 4.69) is 34.4 Å². The molecule has 2 aromatic rings. The Bertz CT molecular complexity index is 747. The number of carbonyl (C=O) groups is 1. The molecule has 1 amide bonds. The third kappa shape index (κ3) is 6.23. The van der Waals surface area contributed by atoms with Crippen LogP contribution >= 0.6 is 0 Å². The lowest BCUT2D eigenvalue weighted by Crippen LogP contribution is -2.20. The van der Waals surface area contributed by atoms with Gasteiger partial charge in [0.2, 0.25) is 0 Å². The number of alkyl halides is 3. The monoisotopic (exact) mass is 380 g/mol. The Labute approximate surface area is 156 Å². The predicted molar refractivity (Wildman–Crippen MR) is 98.6 cm³/mol. The fraction of sp³-hybridized carbons (Fsp3) is 0.421. The van der Waals surface area contributed by atoms with Crippen molar-refractivity contribution in [1.29, 1.82) is 0 Å². The Morgan fingerprint density at radius 1 is 1.15 bits per heavy atom. The molecule has 0 saturated carbocycles. The Morgan fingerprint density at radius 3 is 2.44 bits per heavy atom. The van der Waals surface area contributed by atoms with Crippen molar-refractivity contribution in [3.05, 3.63) is 47.9 Å². The van der Waals surface area contributed by atoms with E-state index in [4.69, 9.17) is 0 Å². The van der Waals surface area contributed by atoms with Gasteiger partial charge in [0.05, 0.1) is 5.56 Å². The van der Waals surface area contributed by atoms with Crippen molar-refractivity contribution >= 4 is 17.4 Å². The van der Waals surface area contributed by atoms with Crippen LogP contribution in [0.1, 0.15) is 49.2 Å². The molecule has 0 aliphatic heterocycles. The summed E-state index contributed by atoms with van der Waals surface area (Å²) in [6, 6.07) is 4.25. The Balaban J connectivity index is 2.04. The fourth-order valence-corrected chi connectivity index (χ4v) is 2.49. The smallest absolute Gasteiger partial charge is 0.368 e. The van der Waals surface area contributed by atoms with E-state index in [0.29, 0.717) is 18.3 Å². The second-order valence-electron chi connectivity index (χ2n) is 6.41. The average Bonchev–Trinajstić information content (AvgIpc) is 2.64. The molecular formula is C19H23F3N4O. The molecule has 1 unspecified atom stereocenters. The molecule has 0 fully saturated rings. The van der Waals surface area contributed by atoms with Crippen molar-refractivity contribution in [1.82, 2.24) is 9.97 Å². The minimum absolute atomic E-state index is 0.0973. The summed E-state index contributed by atoms with van der Waals surface area (Å²) in [5, 5.41) is 5.68. The molecule has 0 aliphatic carbocycles. The number of amides is 1. The molecule has 0 radical (unpaired) electrons. The third-order valence-corrected chi connectivity index (χ3v) is 4.05. The molecular weight excluding hydrogens is 357 g/mol. The van der Waals surface area contributed by atoms with Gasteiger partial charge in [-0.15, -0.1) is 0 Å². The first-order chi connectivity index (χ1) is 12.8. The molecule has 1 heterocycles. The van der Waals surface area contributed by atoms with Crippen LogP contribution in [0.25, 0.3) is 0 Å². The van der Waals surface area contributed by atoms with Gasteiger partial charge in [0, 0.05) is 24.6 Å². The highest BCUT2D eigenvalue weighted by Gasteiger charge is 2.30. The predicted octanol–water partition coefficient (Wildman–Crippen LogP) is 4.99. The van der Waals surface area contributed by atoms with Crippen molar-refractivity contribution in [3.8, 4) is 0 Å². The van der Waals surface area contributed by atoms with Crippen LogP contribution in [0.15, 0.2) is 36.7 Å². The van der Waals surface area contributed by atoms with Crippen LogP contribution in [0.4, 0.5) is 24.7 Å². The van der Waals surface area contributed by atoms with E-state index in [1.807, 2.05) is 0 Å². The summed E-state index contributed by atoms with van der Waals surface area (Å²) in [5.74, 6) is 0.231. The van der Waals surface area contributed by atoms with Crippen molar-refractivity contribution in [3.63, 3.8) is 0 Å². The number of rotatable bonds is 8. The molecule has 27 heavy (non-hydrogen) atoms. The molecule has 0 aliphatic rings. The van der Waals surface area contributed by atoms with Crippen LogP contribution in [0.2, 0.25) is 0 Å². The molecule has 5 nitrogen and oxygen atoms in total. The maximum atomic E-state index is 12.6. The first kappa shape index (κ1) is 20.7. The van der Waals surface area contributed by atoms with Gasteiger partial charge in [0.15, 0.2) is 11.5 Å². The highest BCUT2D eigenvalue weighted by Crippen LogP contribution is 2.29. The lowest BCUT2D eigenvalue weighted by atomic mass is 10.0. The number of hydrogen-bond acceptors (Lipinski definition) is 4. The summed E-state index contributed by atoms with van der Waals surface area (Å²) in [5.41, 5.74) is -0.426. The number of hydrogen-bond donors (Lipinski definition) is 2. The molecule has 1 aromatic heterocycles. The quantitative estimate of drug-likeness (QED) is 0.677. The number of nitrogens with zero attached hydrogens (tertiary/aromatic N) is 2. The van der Waals surface area contributed by atoms with E-state index in [1.54, 1.807) is 0 Å². The Kier molecular flexibility index (Phi) is 7.15. The van der Waals surface area contributed by atoms with Crippen LogP contribution < -0.4 is 10.6 Å². The maximum Gasteiger partial charge on any atom is 0.416 e. The minimum Gasteiger partial charge on any atom is -0.368 e. The number of unbranched alkanes of at least 4 members (excludes halogenated alkanes) is 1. The Hall–Kier alpha value is -2.64. The van der Waals surface area contributed by atoms with Gasteiger partial charge in [-0.05, 0) is 36.6 Å². The number of carbonyl (C=O) groups excluding carboxylic acids is 1. The summed E-state index contributed by atoms with van der Waals surface area (Å²) in [6.45, 7) is 4.90. The molecule has 1 atom stereocenters. The maximum absolute atomic E-state index is 12.6. The van der Waals surface area contributed by atoms with Gasteiger partial charge < -0.3 is 10.6 Å². The molecule has 0 bridgehead atoms. The van der Waals surface area contributed by atoms with Crippen molar-refractivity contribution < 1.29 is 18.0 Å². The van der Waals surface area contributed by atoms with Crippen molar-refractivity contribution in [2.75, 3.05) is 17.2 Å². The van der Waals surface area contributed by atoms with Gasteiger partial charge in [-0.1, -0.05) is 26.7 Å². The van der Waals surface area contributed by atoms with Crippen LogP contribution in [-0.2, 0) is 6.18 Å². The van der Waals surface area contributed by atoms with Gasteiger partial charge in [0.25, 0.3) is 5.91 Å². The molecule has 1 aromatic carbocycles. The van der Waals surface area contributed by atoms with E-state index in [-0.39, 0.29) is 11.4 Å². The summed E-state index contributed by atoms with van der Waals surface area (Å²) in [4.78, 5) is 20.7. The van der Waals surface area contributed by atoms with Crippen LogP contribution in [-0.4, -0.2) is 22.4 Å². The normalized spacial score (nSPS) is 12.5. The van der Waals surface area contributed by atoms with Gasteiger partial charge in [-0.25, -0.2) is 9.97 Å². The molecule has 0 spiro atoms. The largest absolute Gasteiger partial charge is 0.416 e. The lowest BCUT2D eigenvalue weighted by molar-refractivity contribution is -0.137. The van der Waals surface area contributed by atoms with Gasteiger partial charge in [0.1, 0.15) is 0 Å². The van der Waals surface area contributed by atoms with Crippen LogP contribution in [0, 0.1) is 5.92 Å². The van der Waals surface area contributed by atoms with Gasteiger partial charge in [-0.2, -0.15) is 13.2 Å². The van der Waals surface area contributed by atoms with Crippen LogP contribution in [0.5, 0.6) is 0 Å². The lowest BCUT2D eigenvalue weighted by Gasteiger charge is -2.14. The zero-order chi connectivity index (χ0) is 19.9. The SMILES string of the molecule is CCCCC(C)CNc1nccnc1C(=O)Nc1ccc(C(F)(F)F)cc1. The molecule has 2 rings (SSSR count). The number of anilines is 2. The third-order valence-electron chi connectivity index (χ3n) is 4.05. The number of benzene rings is 1. The zero-order valence-electron chi connectivity index (χ0n) is 15.3. The zero-order valence-corrected chi connectivity index (χ0v) is 15.3. The number of halogens is 3. The minimum atomic E-state index is -4.42.